The molecule has 0 saturated carbocycles. The molecule has 90 valence electrons. The van der Waals surface area contributed by atoms with Crippen LogP contribution in [-0.2, 0) is 13.6 Å². The fourth-order valence-corrected chi connectivity index (χ4v) is 1.88. The number of hydrogen-bond acceptors (Lipinski definition) is 3. The van der Waals surface area contributed by atoms with E-state index in [1.807, 2.05) is 36.9 Å². The molecule has 1 aromatic heterocycles. The van der Waals surface area contributed by atoms with Crippen LogP contribution in [0.3, 0.4) is 0 Å². The molecule has 1 heterocycles. The lowest BCUT2D eigenvalue weighted by atomic mass is 10.1. The molecule has 1 aromatic carbocycles. The van der Waals surface area contributed by atoms with Crippen molar-refractivity contribution in [3.8, 4) is 17.0 Å². The molecule has 0 aliphatic heterocycles. The Labute approximate surface area is 101 Å². The van der Waals surface area contributed by atoms with Crippen molar-refractivity contribution in [2.75, 3.05) is 7.11 Å². The molecule has 0 atom stereocenters. The Balaban J connectivity index is 2.42. The van der Waals surface area contributed by atoms with Gasteiger partial charge in [-0.2, -0.15) is 5.10 Å². The normalized spacial score (nSPS) is 10.6. The molecule has 0 amide bonds. The Hall–Kier alpha value is -1.81. The van der Waals surface area contributed by atoms with Crippen LogP contribution in [0.15, 0.2) is 24.3 Å². The van der Waals surface area contributed by atoms with Crippen LogP contribution < -0.4 is 10.5 Å². The summed E-state index contributed by atoms with van der Waals surface area (Å²) in [5.74, 6) is 0.892. The summed E-state index contributed by atoms with van der Waals surface area (Å²) in [4.78, 5) is 0. The molecule has 0 saturated heterocycles. The van der Waals surface area contributed by atoms with Gasteiger partial charge >= 0.3 is 0 Å². The highest BCUT2D eigenvalue weighted by atomic mass is 16.5. The molecule has 4 nitrogen and oxygen atoms in total. The van der Waals surface area contributed by atoms with E-state index in [-0.39, 0.29) is 0 Å². The summed E-state index contributed by atoms with van der Waals surface area (Å²) >= 11 is 0. The Morgan fingerprint density at radius 1 is 1.35 bits per heavy atom. The van der Waals surface area contributed by atoms with Crippen LogP contribution in [0.4, 0.5) is 0 Å². The second-order valence-electron chi connectivity index (χ2n) is 4.03. The van der Waals surface area contributed by atoms with Crippen LogP contribution in [0, 0.1) is 6.92 Å². The molecule has 0 aliphatic carbocycles. The van der Waals surface area contributed by atoms with E-state index < -0.39 is 0 Å². The fraction of sp³-hybridized carbons (Fsp3) is 0.308. The molecule has 2 N–H and O–H groups in total. The Morgan fingerprint density at radius 2 is 2.12 bits per heavy atom. The van der Waals surface area contributed by atoms with Gasteiger partial charge in [0, 0.05) is 19.2 Å². The first-order valence-electron chi connectivity index (χ1n) is 5.53. The van der Waals surface area contributed by atoms with E-state index in [1.54, 1.807) is 7.11 Å². The Kier molecular flexibility index (Phi) is 3.15. The number of nitrogens with two attached hydrogens (primary N) is 1. The summed E-state index contributed by atoms with van der Waals surface area (Å²) in [6.07, 6.45) is 0. The lowest BCUT2D eigenvalue weighted by Gasteiger charge is -2.05. The van der Waals surface area contributed by atoms with Gasteiger partial charge in [0.15, 0.2) is 0 Å². The van der Waals surface area contributed by atoms with Crippen molar-refractivity contribution in [3.05, 3.63) is 35.5 Å². The number of rotatable bonds is 3. The van der Waals surface area contributed by atoms with Gasteiger partial charge in [0.25, 0.3) is 0 Å². The first kappa shape index (κ1) is 11.7. The van der Waals surface area contributed by atoms with Gasteiger partial charge in [-0.1, -0.05) is 0 Å². The van der Waals surface area contributed by atoms with Crippen molar-refractivity contribution in [2.45, 2.75) is 13.5 Å². The van der Waals surface area contributed by atoms with Crippen LogP contribution in [0.5, 0.6) is 5.75 Å². The van der Waals surface area contributed by atoms with Crippen molar-refractivity contribution >= 4 is 0 Å². The van der Waals surface area contributed by atoms with Gasteiger partial charge in [0.05, 0.1) is 18.5 Å². The second kappa shape index (κ2) is 4.59. The van der Waals surface area contributed by atoms with Crippen molar-refractivity contribution in [2.24, 2.45) is 12.8 Å². The van der Waals surface area contributed by atoms with Gasteiger partial charge in [-0.3, -0.25) is 4.68 Å². The number of hydrogen-bond donors (Lipinski definition) is 1. The van der Waals surface area contributed by atoms with Gasteiger partial charge in [-0.05, 0) is 36.8 Å². The van der Waals surface area contributed by atoms with Crippen LogP contribution in [-0.4, -0.2) is 16.9 Å². The quantitative estimate of drug-likeness (QED) is 0.877. The number of methoxy groups -OCH3 is 1. The van der Waals surface area contributed by atoms with E-state index in [0.717, 1.165) is 28.3 Å². The molecule has 4 heteroatoms. The highest BCUT2D eigenvalue weighted by Crippen LogP contribution is 2.25. The minimum atomic E-state index is 0.499. The van der Waals surface area contributed by atoms with E-state index in [0.29, 0.717) is 6.54 Å². The number of aromatic nitrogens is 2. The van der Waals surface area contributed by atoms with Gasteiger partial charge < -0.3 is 10.5 Å². The molecule has 0 aliphatic rings. The van der Waals surface area contributed by atoms with E-state index in [9.17, 15) is 0 Å². The molecule has 2 aromatic rings. The van der Waals surface area contributed by atoms with Crippen molar-refractivity contribution in [1.29, 1.82) is 0 Å². The lowest BCUT2D eigenvalue weighted by molar-refractivity contribution is 0.412. The smallest absolute Gasteiger partial charge is 0.121 e. The van der Waals surface area contributed by atoms with Crippen molar-refractivity contribution in [1.82, 2.24) is 9.78 Å². The fourth-order valence-electron chi connectivity index (χ4n) is 1.88. The van der Waals surface area contributed by atoms with E-state index >= 15 is 0 Å². The summed E-state index contributed by atoms with van der Waals surface area (Å²) < 4.78 is 7.05. The van der Waals surface area contributed by atoms with E-state index in [2.05, 4.69) is 11.2 Å². The first-order valence-corrected chi connectivity index (χ1v) is 5.53. The first-order chi connectivity index (χ1) is 8.15. The maximum atomic E-state index is 5.64. The highest BCUT2D eigenvalue weighted by Gasteiger charge is 2.07. The van der Waals surface area contributed by atoms with Crippen LogP contribution >= 0.6 is 0 Å². The summed E-state index contributed by atoms with van der Waals surface area (Å²) in [6.45, 7) is 2.52. The highest BCUT2D eigenvalue weighted by molar-refractivity contribution is 5.62. The van der Waals surface area contributed by atoms with Crippen LogP contribution in [0.25, 0.3) is 11.3 Å². The molecule has 0 unspecified atom stereocenters. The summed E-state index contributed by atoms with van der Waals surface area (Å²) in [7, 11) is 3.58. The SMILES string of the molecule is COc1ccc(-c2cc(CN)n(C)n2)cc1C. The average molecular weight is 231 g/mol. The number of ether oxygens (including phenoxy) is 1. The Bertz CT molecular complexity index is 531. The molecule has 0 fully saturated rings. The molecule has 0 radical (unpaired) electrons. The van der Waals surface area contributed by atoms with Crippen molar-refractivity contribution < 1.29 is 4.74 Å². The zero-order chi connectivity index (χ0) is 12.4. The molecular formula is C13H17N3O. The molecule has 0 spiro atoms. The number of aryl methyl sites for hydroxylation is 2. The van der Waals surface area contributed by atoms with Crippen molar-refractivity contribution in [3.63, 3.8) is 0 Å². The predicted octanol–water partition coefficient (Wildman–Crippen LogP) is 1.86. The van der Waals surface area contributed by atoms with E-state index in [1.165, 1.54) is 0 Å². The van der Waals surface area contributed by atoms with Gasteiger partial charge in [0.2, 0.25) is 0 Å². The monoisotopic (exact) mass is 231 g/mol. The zero-order valence-corrected chi connectivity index (χ0v) is 10.4. The van der Waals surface area contributed by atoms with E-state index in [4.69, 9.17) is 10.5 Å². The zero-order valence-electron chi connectivity index (χ0n) is 10.4. The lowest BCUT2D eigenvalue weighted by Crippen LogP contribution is -2.03. The number of benzene rings is 1. The molecule has 2 rings (SSSR count). The second-order valence-corrected chi connectivity index (χ2v) is 4.03. The average Bonchev–Trinajstić information content (AvgIpc) is 2.70. The minimum Gasteiger partial charge on any atom is -0.496 e. The Morgan fingerprint density at radius 3 is 2.65 bits per heavy atom. The standard InChI is InChI=1S/C13H17N3O/c1-9-6-10(4-5-13(9)17-3)12-7-11(8-14)16(2)15-12/h4-7H,8,14H2,1-3H3. The minimum absolute atomic E-state index is 0.499. The molecule has 0 bridgehead atoms. The summed E-state index contributed by atoms with van der Waals surface area (Å²) in [6, 6.07) is 8.05. The summed E-state index contributed by atoms with van der Waals surface area (Å²) in [5.41, 5.74) is 9.79. The van der Waals surface area contributed by atoms with Crippen LogP contribution in [0.2, 0.25) is 0 Å². The van der Waals surface area contributed by atoms with Gasteiger partial charge in [0.1, 0.15) is 5.75 Å². The summed E-state index contributed by atoms with van der Waals surface area (Å²) in [5, 5.41) is 4.44. The van der Waals surface area contributed by atoms with Crippen LogP contribution in [0.1, 0.15) is 11.3 Å². The third kappa shape index (κ3) is 2.17. The molecule has 17 heavy (non-hydrogen) atoms. The molecular weight excluding hydrogens is 214 g/mol. The van der Waals surface area contributed by atoms with Gasteiger partial charge in [-0.25, -0.2) is 0 Å². The predicted molar refractivity (Wildman–Crippen MR) is 67.8 cm³/mol. The third-order valence-electron chi connectivity index (χ3n) is 2.88. The van der Waals surface area contributed by atoms with Gasteiger partial charge in [-0.15, -0.1) is 0 Å². The largest absolute Gasteiger partial charge is 0.496 e. The topological polar surface area (TPSA) is 53.1 Å². The maximum Gasteiger partial charge on any atom is 0.121 e. The maximum absolute atomic E-state index is 5.64. The number of nitrogens with zero attached hydrogens (tertiary/aromatic N) is 2. The third-order valence-corrected chi connectivity index (χ3v) is 2.88.